The van der Waals surface area contributed by atoms with Gasteiger partial charge in [0.25, 0.3) is 0 Å². The molecule has 0 unspecified atom stereocenters. The fourth-order valence-corrected chi connectivity index (χ4v) is 2.06. The Balaban J connectivity index is 2.47. The fraction of sp³-hybridized carbons (Fsp3) is 0.154. The molecule has 0 bridgehead atoms. The Labute approximate surface area is 108 Å². The molecule has 0 atom stereocenters. The predicted molar refractivity (Wildman–Crippen MR) is 67.8 cm³/mol. The molecule has 0 radical (unpaired) electrons. The van der Waals surface area contributed by atoms with Gasteiger partial charge >= 0.3 is 5.97 Å². The molecule has 0 aliphatic rings. The normalized spacial score (nSPS) is 10.2. The van der Waals surface area contributed by atoms with Crippen LogP contribution in [0.5, 0.6) is 0 Å². The molecule has 0 saturated carbocycles. The zero-order chi connectivity index (χ0) is 12.3. The summed E-state index contributed by atoms with van der Waals surface area (Å²) in [4.78, 5) is 11.7. The molecule has 0 spiro atoms. The molecule has 0 amide bonds. The number of esters is 1. The average Bonchev–Trinajstić information content (AvgIpc) is 2.73. The Hall–Kier alpha value is -1.55. The standard InChI is InChI=1S/C13H11BrO3/c1-2-16-13(15)12-11(10(14)8-17-12)9-6-4-3-5-7-9/h3-8H,2H2,1H3. The molecule has 0 saturated heterocycles. The predicted octanol–water partition coefficient (Wildman–Crippen LogP) is 3.89. The van der Waals surface area contributed by atoms with Crippen molar-refractivity contribution in [3.63, 3.8) is 0 Å². The molecule has 0 aliphatic heterocycles. The van der Waals surface area contributed by atoms with Crippen molar-refractivity contribution in [3.8, 4) is 11.1 Å². The van der Waals surface area contributed by atoms with Crippen molar-refractivity contribution in [2.75, 3.05) is 6.61 Å². The van der Waals surface area contributed by atoms with Gasteiger partial charge in [-0.05, 0) is 28.4 Å². The second-order valence-electron chi connectivity index (χ2n) is 3.37. The summed E-state index contributed by atoms with van der Waals surface area (Å²) >= 11 is 3.37. The zero-order valence-electron chi connectivity index (χ0n) is 9.27. The molecular weight excluding hydrogens is 284 g/mol. The number of carbonyl (C=O) groups is 1. The Morgan fingerprint density at radius 3 is 2.71 bits per heavy atom. The van der Waals surface area contributed by atoms with Crippen LogP contribution in [0.25, 0.3) is 11.1 Å². The minimum atomic E-state index is -0.447. The summed E-state index contributed by atoms with van der Waals surface area (Å²) in [5.74, 6) is -0.220. The third-order valence-electron chi connectivity index (χ3n) is 2.27. The maximum absolute atomic E-state index is 11.7. The van der Waals surface area contributed by atoms with Gasteiger partial charge in [-0.15, -0.1) is 0 Å². The van der Waals surface area contributed by atoms with Crippen molar-refractivity contribution in [1.82, 2.24) is 0 Å². The van der Waals surface area contributed by atoms with Crippen LogP contribution in [0.1, 0.15) is 17.5 Å². The number of carbonyl (C=O) groups excluding carboxylic acids is 1. The second-order valence-corrected chi connectivity index (χ2v) is 4.23. The van der Waals surface area contributed by atoms with Gasteiger partial charge in [-0.1, -0.05) is 30.3 Å². The van der Waals surface area contributed by atoms with E-state index < -0.39 is 5.97 Å². The number of hydrogen-bond acceptors (Lipinski definition) is 3. The van der Waals surface area contributed by atoms with Crippen molar-refractivity contribution < 1.29 is 13.9 Å². The van der Waals surface area contributed by atoms with Gasteiger partial charge in [-0.3, -0.25) is 0 Å². The SMILES string of the molecule is CCOC(=O)c1occ(Br)c1-c1ccccc1. The van der Waals surface area contributed by atoms with Crippen LogP contribution in [-0.2, 0) is 4.74 Å². The molecule has 88 valence electrons. The van der Waals surface area contributed by atoms with Gasteiger partial charge in [0, 0.05) is 5.56 Å². The van der Waals surface area contributed by atoms with Crippen LogP contribution in [0.2, 0.25) is 0 Å². The summed E-state index contributed by atoms with van der Waals surface area (Å²) in [7, 11) is 0. The molecule has 2 aromatic rings. The Morgan fingerprint density at radius 2 is 2.06 bits per heavy atom. The Kier molecular flexibility index (Phi) is 3.64. The highest BCUT2D eigenvalue weighted by atomic mass is 79.9. The van der Waals surface area contributed by atoms with Gasteiger partial charge in [0.05, 0.1) is 11.1 Å². The topological polar surface area (TPSA) is 39.4 Å². The minimum Gasteiger partial charge on any atom is -0.460 e. The van der Waals surface area contributed by atoms with E-state index in [4.69, 9.17) is 9.15 Å². The molecule has 1 aromatic heterocycles. The first-order valence-electron chi connectivity index (χ1n) is 5.23. The lowest BCUT2D eigenvalue weighted by molar-refractivity contribution is 0.0491. The molecular formula is C13H11BrO3. The highest BCUT2D eigenvalue weighted by molar-refractivity contribution is 9.10. The highest BCUT2D eigenvalue weighted by Crippen LogP contribution is 2.33. The van der Waals surface area contributed by atoms with Crippen LogP contribution < -0.4 is 0 Å². The maximum Gasteiger partial charge on any atom is 0.374 e. The lowest BCUT2D eigenvalue weighted by Crippen LogP contribution is -2.04. The van der Waals surface area contributed by atoms with E-state index in [0.717, 1.165) is 15.6 Å². The van der Waals surface area contributed by atoms with Crippen molar-refractivity contribution in [2.24, 2.45) is 0 Å². The van der Waals surface area contributed by atoms with Gasteiger partial charge < -0.3 is 9.15 Å². The molecule has 0 aliphatic carbocycles. The number of furan rings is 1. The van der Waals surface area contributed by atoms with Gasteiger partial charge in [0.15, 0.2) is 0 Å². The van der Waals surface area contributed by atoms with Gasteiger partial charge in [0.2, 0.25) is 5.76 Å². The van der Waals surface area contributed by atoms with Crippen molar-refractivity contribution >= 4 is 21.9 Å². The summed E-state index contributed by atoms with van der Waals surface area (Å²) in [5, 5.41) is 0. The van der Waals surface area contributed by atoms with Crippen molar-refractivity contribution in [3.05, 3.63) is 46.8 Å². The van der Waals surface area contributed by atoms with E-state index in [-0.39, 0.29) is 5.76 Å². The molecule has 1 heterocycles. The number of benzene rings is 1. The minimum absolute atomic E-state index is 0.227. The second kappa shape index (κ2) is 5.19. The van der Waals surface area contributed by atoms with Gasteiger partial charge in [0.1, 0.15) is 6.26 Å². The van der Waals surface area contributed by atoms with E-state index in [1.165, 1.54) is 6.26 Å². The van der Waals surface area contributed by atoms with Crippen LogP contribution in [0.3, 0.4) is 0 Å². The highest BCUT2D eigenvalue weighted by Gasteiger charge is 2.21. The first-order valence-corrected chi connectivity index (χ1v) is 6.03. The zero-order valence-corrected chi connectivity index (χ0v) is 10.9. The summed E-state index contributed by atoms with van der Waals surface area (Å²) in [6.45, 7) is 2.09. The fourth-order valence-electron chi connectivity index (χ4n) is 1.56. The first-order chi connectivity index (χ1) is 8.24. The molecule has 0 fully saturated rings. The van der Waals surface area contributed by atoms with Crippen molar-refractivity contribution in [2.45, 2.75) is 6.92 Å². The van der Waals surface area contributed by atoms with Crippen LogP contribution in [0, 0.1) is 0 Å². The van der Waals surface area contributed by atoms with E-state index in [1.807, 2.05) is 30.3 Å². The van der Waals surface area contributed by atoms with E-state index in [0.29, 0.717) is 6.61 Å². The molecule has 1 aromatic carbocycles. The molecule has 2 rings (SSSR count). The molecule has 3 nitrogen and oxygen atoms in total. The van der Waals surface area contributed by atoms with Gasteiger partial charge in [-0.2, -0.15) is 0 Å². The molecule has 0 N–H and O–H groups in total. The van der Waals surface area contributed by atoms with Crippen molar-refractivity contribution in [1.29, 1.82) is 0 Å². The van der Waals surface area contributed by atoms with Crippen LogP contribution >= 0.6 is 15.9 Å². The van der Waals surface area contributed by atoms with Crippen LogP contribution in [0.4, 0.5) is 0 Å². The number of rotatable bonds is 3. The first kappa shape index (κ1) is 11.9. The van der Waals surface area contributed by atoms with E-state index in [2.05, 4.69) is 15.9 Å². The monoisotopic (exact) mass is 294 g/mol. The third kappa shape index (κ3) is 2.42. The number of ether oxygens (including phenoxy) is 1. The molecule has 4 heteroatoms. The van der Waals surface area contributed by atoms with E-state index >= 15 is 0 Å². The summed E-state index contributed by atoms with van der Waals surface area (Å²) in [5.41, 5.74) is 1.64. The summed E-state index contributed by atoms with van der Waals surface area (Å²) in [6.07, 6.45) is 1.49. The van der Waals surface area contributed by atoms with E-state index in [1.54, 1.807) is 6.92 Å². The molecule has 17 heavy (non-hydrogen) atoms. The average molecular weight is 295 g/mol. The maximum atomic E-state index is 11.7. The third-order valence-corrected chi connectivity index (χ3v) is 2.85. The largest absolute Gasteiger partial charge is 0.460 e. The quantitative estimate of drug-likeness (QED) is 0.806. The van der Waals surface area contributed by atoms with Crippen LogP contribution in [-0.4, -0.2) is 12.6 Å². The number of halogens is 1. The summed E-state index contributed by atoms with van der Waals surface area (Å²) < 4.78 is 10.9. The Morgan fingerprint density at radius 1 is 1.35 bits per heavy atom. The lowest BCUT2D eigenvalue weighted by atomic mass is 10.1. The lowest BCUT2D eigenvalue weighted by Gasteiger charge is -2.03. The van der Waals surface area contributed by atoms with Gasteiger partial charge in [-0.25, -0.2) is 4.79 Å². The smallest absolute Gasteiger partial charge is 0.374 e. The Bertz CT molecular complexity index is 517. The van der Waals surface area contributed by atoms with E-state index in [9.17, 15) is 4.79 Å². The number of hydrogen-bond donors (Lipinski definition) is 0. The summed E-state index contributed by atoms with van der Waals surface area (Å²) in [6, 6.07) is 9.56. The van der Waals surface area contributed by atoms with Crippen LogP contribution in [0.15, 0.2) is 45.5 Å².